The Labute approximate surface area is 373 Å². The second-order valence-electron chi connectivity index (χ2n) is 17.1. The molecule has 0 unspecified atom stereocenters. The number of aryl methyl sites for hydroxylation is 6. The average molecular weight is 876 g/mol. The third kappa shape index (κ3) is 7.56. The van der Waals surface area contributed by atoms with Gasteiger partial charge in [0.1, 0.15) is 0 Å². The Hall–Kier alpha value is -2.26. The van der Waals surface area contributed by atoms with Crippen molar-refractivity contribution in [2.75, 3.05) is 114 Å². The summed E-state index contributed by atoms with van der Waals surface area (Å²) in [5.74, 6) is 0. The number of benzene rings is 3. The van der Waals surface area contributed by atoms with Crippen molar-refractivity contribution in [3.8, 4) is 0 Å². The minimum Gasteiger partial charge on any atom is -1.00 e. The fraction of sp³-hybridized carbons (Fsp3) is 0.511. The molecule has 4 rings (SSSR count). The van der Waals surface area contributed by atoms with E-state index in [0.717, 1.165) is 0 Å². The van der Waals surface area contributed by atoms with E-state index in [0.29, 0.717) is 0 Å². The summed E-state index contributed by atoms with van der Waals surface area (Å²) in [5, 5.41) is 4.50. The Morgan fingerprint density at radius 2 is 0.554 bits per heavy atom. The first kappa shape index (κ1) is 51.8. The van der Waals surface area contributed by atoms with Crippen LogP contribution in [0, 0.1) is 41.5 Å². The van der Waals surface area contributed by atoms with E-state index >= 15 is 0 Å². The Balaban J connectivity index is 0.00000523. The topological polar surface area (TPSA) is 19.4 Å². The number of halogens is 3. The molecule has 3 aromatic carbocycles. The Morgan fingerprint density at radius 1 is 0.357 bits per heavy atom. The zero-order valence-corrected chi connectivity index (χ0v) is 43.4. The summed E-state index contributed by atoms with van der Waals surface area (Å²) in [6, 6.07) is 7.48. The van der Waals surface area contributed by atoms with Crippen molar-refractivity contribution in [1.29, 1.82) is 0 Å². The predicted molar refractivity (Wildman–Crippen MR) is 238 cm³/mol. The first-order valence-corrected chi connectivity index (χ1v) is 21.7. The third-order valence-electron chi connectivity index (χ3n) is 12.2. The van der Waals surface area contributed by atoms with Crippen LogP contribution in [0.15, 0.2) is 40.5 Å². The molecule has 0 amide bonds. The number of anilines is 6. The smallest absolute Gasteiger partial charge is 1.00 e. The quantitative estimate of drug-likeness (QED) is 0.179. The van der Waals surface area contributed by atoms with Crippen molar-refractivity contribution in [3.05, 3.63) is 73.9 Å². The summed E-state index contributed by atoms with van der Waals surface area (Å²) in [7, 11) is 23.5. The van der Waals surface area contributed by atoms with Crippen LogP contribution < -0.4 is 82.2 Å². The molecule has 0 saturated heterocycles. The number of hydrogen-bond acceptors (Lipinski definition) is 6. The molecular formula is C45H69Cl3N6SiTi. The summed E-state index contributed by atoms with van der Waals surface area (Å²) >= 11 is 2.64. The average Bonchev–Trinajstić information content (AvgIpc) is 3.17. The summed E-state index contributed by atoms with van der Waals surface area (Å²) in [6.07, 6.45) is 0. The molecule has 56 heavy (non-hydrogen) atoms. The van der Waals surface area contributed by atoms with Gasteiger partial charge >= 0.3 is 339 Å². The first-order chi connectivity index (χ1) is 24.3. The predicted octanol–water partition coefficient (Wildman–Crippen LogP) is -1.65. The fourth-order valence-electron chi connectivity index (χ4n) is 10.2. The van der Waals surface area contributed by atoms with Crippen LogP contribution in [-0.2, 0) is 20.4 Å². The van der Waals surface area contributed by atoms with Crippen molar-refractivity contribution in [2.45, 2.75) is 72.6 Å². The monoisotopic (exact) mass is 874 g/mol. The standard InChI is InChI=1S/C45H69N6Si.3ClH.Ti/c1-26-23-29(4)42(39(49(17)18)36(26)46(11)12)52(45-34(9)32(7)33(8)35(45)10,43-30(5)24-27(2)37(47(13)14)40(43)50(19)20)44-31(6)25-28(3)38(48(15)16)41(44)51(21)22;;;;/h23-25H,1-22H3;3*1H;/q;;;;+3/p-3. The summed E-state index contributed by atoms with van der Waals surface area (Å²) in [5.41, 5.74) is 21.7. The van der Waals surface area contributed by atoms with Crippen molar-refractivity contribution in [3.63, 3.8) is 0 Å². The summed E-state index contributed by atoms with van der Waals surface area (Å²) in [6.45, 7) is 23.8. The Morgan fingerprint density at radius 3 is 0.732 bits per heavy atom. The maximum Gasteiger partial charge on any atom is -1.00 e. The molecule has 0 bridgehead atoms. The van der Waals surface area contributed by atoms with Gasteiger partial charge in [-0.1, -0.05) is 0 Å². The minimum absolute atomic E-state index is 0. The summed E-state index contributed by atoms with van der Waals surface area (Å²) in [4.78, 5) is 14.4. The van der Waals surface area contributed by atoms with E-state index in [1.165, 1.54) is 105 Å². The normalized spacial score (nSPS) is 13.6. The third-order valence-corrected chi connectivity index (χ3v) is 21.1. The van der Waals surface area contributed by atoms with Gasteiger partial charge in [-0.15, -0.1) is 0 Å². The molecule has 1 aliphatic carbocycles. The molecule has 1 aliphatic rings. The van der Waals surface area contributed by atoms with Gasteiger partial charge in [0, 0.05) is 0 Å². The Bertz CT molecular complexity index is 1820. The van der Waals surface area contributed by atoms with E-state index in [1.54, 1.807) is 0 Å². The van der Waals surface area contributed by atoms with Crippen LogP contribution in [0.25, 0.3) is 0 Å². The van der Waals surface area contributed by atoms with Gasteiger partial charge in [-0.05, 0) is 0 Å². The van der Waals surface area contributed by atoms with E-state index in [1.807, 2.05) is 0 Å². The molecule has 0 aliphatic heterocycles. The van der Waals surface area contributed by atoms with Gasteiger partial charge < -0.3 is 37.2 Å². The van der Waals surface area contributed by atoms with Crippen LogP contribution in [0.5, 0.6) is 0 Å². The van der Waals surface area contributed by atoms with Crippen molar-refractivity contribution in [1.82, 2.24) is 0 Å². The Kier molecular flexibility index (Phi) is 17.0. The van der Waals surface area contributed by atoms with Crippen molar-refractivity contribution < 1.29 is 57.7 Å². The molecule has 0 spiro atoms. The van der Waals surface area contributed by atoms with E-state index in [4.69, 9.17) is 0 Å². The largest absolute Gasteiger partial charge is 1.00 e. The van der Waals surface area contributed by atoms with E-state index in [2.05, 4.69) is 222 Å². The number of hydrogen-bond donors (Lipinski definition) is 0. The van der Waals surface area contributed by atoms with Gasteiger partial charge in [-0.2, -0.15) is 0 Å². The molecule has 0 saturated carbocycles. The second-order valence-corrected chi connectivity index (χ2v) is 22.8. The molecule has 6 nitrogen and oxygen atoms in total. The maximum absolute atomic E-state index is 3.40. The number of rotatable bonds is 10. The van der Waals surface area contributed by atoms with Crippen LogP contribution in [0.1, 0.15) is 61.1 Å². The number of nitrogens with zero attached hydrogens (tertiary/aromatic N) is 6. The van der Waals surface area contributed by atoms with Gasteiger partial charge in [-0.3, -0.25) is 0 Å². The second kappa shape index (κ2) is 18.3. The maximum atomic E-state index is 2.64. The zero-order chi connectivity index (χ0) is 40.6. The van der Waals surface area contributed by atoms with Gasteiger partial charge in [0.15, 0.2) is 0 Å². The SMILES string of the molecule is CC1=C(C)[C]([Ti+3])([Si](c2c(C)cc(C)c(N(C)C)c2N(C)C)(c2c(C)cc(C)c(N(C)C)c2N(C)C)c2c(C)cc(C)c(N(C)C)c2N(C)C)C(C)=C1C.[Cl-].[Cl-].[Cl-]. The minimum atomic E-state index is -3.40. The molecule has 11 heteroatoms. The van der Waals surface area contributed by atoms with Gasteiger partial charge in [0.2, 0.25) is 0 Å². The molecule has 0 heterocycles. The van der Waals surface area contributed by atoms with Crippen LogP contribution in [0.2, 0.25) is 3.34 Å². The molecule has 0 atom stereocenters. The molecule has 0 N–H and O–H groups in total. The molecule has 0 aromatic heterocycles. The molecule has 0 radical (unpaired) electrons. The molecule has 0 fully saturated rings. The van der Waals surface area contributed by atoms with Crippen LogP contribution >= 0.6 is 0 Å². The van der Waals surface area contributed by atoms with E-state index in [9.17, 15) is 0 Å². The fourth-order valence-corrected chi connectivity index (χ4v) is 20.0. The summed E-state index contributed by atoms with van der Waals surface area (Å²) < 4.78 is -0.335. The van der Waals surface area contributed by atoms with Crippen molar-refractivity contribution in [2.24, 2.45) is 0 Å². The molecular weight excluding hydrogens is 807 g/mol. The van der Waals surface area contributed by atoms with Gasteiger partial charge in [0.25, 0.3) is 0 Å². The molecule has 3 aromatic rings. The zero-order valence-electron chi connectivity index (χ0n) is 38.5. The van der Waals surface area contributed by atoms with Crippen molar-refractivity contribution >= 4 is 57.8 Å². The van der Waals surface area contributed by atoms with Crippen LogP contribution in [0.3, 0.4) is 0 Å². The molecule has 308 valence electrons. The van der Waals surface area contributed by atoms with Gasteiger partial charge in [-0.25, -0.2) is 0 Å². The van der Waals surface area contributed by atoms with E-state index in [-0.39, 0.29) is 40.6 Å². The van der Waals surface area contributed by atoms with Gasteiger partial charge in [0.05, 0.1) is 0 Å². The number of allylic oxidation sites excluding steroid dienone is 4. The first-order valence-electron chi connectivity index (χ1n) is 18.9. The van der Waals surface area contributed by atoms with Crippen LogP contribution in [-0.4, -0.2) is 92.6 Å². The van der Waals surface area contributed by atoms with Crippen LogP contribution in [0.4, 0.5) is 34.1 Å². The van der Waals surface area contributed by atoms with E-state index < -0.39 is 8.07 Å².